The van der Waals surface area contributed by atoms with Crippen molar-refractivity contribution in [2.75, 3.05) is 19.8 Å². The van der Waals surface area contributed by atoms with E-state index in [1.54, 1.807) is 6.92 Å². The fraction of sp³-hybridized carbons (Fsp3) is 0.533. The highest BCUT2D eigenvalue weighted by molar-refractivity contribution is 5.77. The molecule has 21 heavy (non-hydrogen) atoms. The van der Waals surface area contributed by atoms with Crippen LogP contribution in [-0.4, -0.2) is 31.8 Å². The van der Waals surface area contributed by atoms with Crippen molar-refractivity contribution in [3.05, 3.63) is 35.4 Å². The smallest absolute Gasteiger partial charge is 0.327 e. The maximum absolute atomic E-state index is 13.9. The molecule has 2 unspecified atom stereocenters. The second kappa shape index (κ2) is 7.47. The summed E-state index contributed by atoms with van der Waals surface area (Å²) in [5.41, 5.74) is -0.311. The standard InChI is InChI=1S/C15H19F2NO3/c1-2-20-15(19)14(18-9-10-5-4-8-21-10)13-11(16)6-3-7-12(13)17/h3,6-7,10,14,18H,2,4-5,8-9H2,1H3. The van der Waals surface area contributed by atoms with Crippen molar-refractivity contribution >= 4 is 5.97 Å². The maximum atomic E-state index is 13.9. The van der Waals surface area contributed by atoms with Crippen molar-refractivity contribution in [3.63, 3.8) is 0 Å². The van der Waals surface area contributed by atoms with Gasteiger partial charge < -0.3 is 9.47 Å². The molecule has 4 nitrogen and oxygen atoms in total. The van der Waals surface area contributed by atoms with Crippen LogP contribution in [0.2, 0.25) is 0 Å². The zero-order valence-electron chi connectivity index (χ0n) is 11.9. The third kappa shape index (κ3) is 3.98. The van der Waals surface area contributed by atoms with Crippen molar-refractivity contribution in [2.24, 2.45) is 0 Å². The number of benzene rings is 1. The Morgan fingerprint density at radius 1 is 1.48 bits per heavy atom. The first-order chi connectivity index (χ1) is 10.1. The molecule has 1 aliphatic rings. The van der Waals surface area contributed by atoms with Crippen LogP contribution in [0.4, 0.5) is 8.78 Å². The molecule has 2 atom stereocenters. The largest absolute Gasteiger partial charge is 0.465 e. The van der Waals surface area contributed by atoms with Gasteiger partial charge in [-0.1, -0.05) is 6.07 Å². The van der Waals surface area contributed by atoms with E-state index in [0.29, 0.717) is 13.2 Å². The number of esters is 1. The van der Waals surface area contributed by atoms with Crippen LogP contribution in [0.3, 0.4) is 0 Å². The normalized spacial score (nSPS) is 19.5. The molecule has 0 aliphatic carbocycles. The second-order valence-corrected chi connectivity index (χ2v) is 4.86. The lowest BCUT2D eigenvalue weighted by Crippen LogP contribution is -2.36. The molecule has 2 rings (SSSR count). The van der Waals surface area contributed by atoms with E-state index in [2.05, 4.69) is 5.32 Å². The van der Waals surface area contributed by atoms with Gasteiger partial charge in [0.25, 0.3) is 0 Å². The molecular weight excluding hydrogens is 280 g/mol. The fourth-order valence-electron chi connectivity index (χ4n) is 2.37. The molecule has 0 saturated carbocycles. The molecule has 1 aromatic carbocycles. The van der Waals surface area contributed by atoms with Crippen molar-refractivity contribution in [3.8, 4) is 0 Å². The van der Waals surface area contributed by atoms with E-state index in [1.165, 1.54) is 6.07 Å². The van der Waals surface area contributed by atoms with Gasteiger partial charge in [0.05, 0.1) is 18.3 Å². The fourth-order valence-corrected chi connectivity index (χ4v) is 2.37. The summed E-state index contributed by atoms with van der Waals surface area (Å²) < 4.78 is 38.1. The molecule has 0 radical (unpaired) electrons. The number of ether oxygens (including phenoxy) is 2. The lowest BCUT2D eigenvalue weighted by atomic mass is 10.0. The van der Waals surface area contributed by atoms with Gasteiger partial charge in [-0.15, -0.1) is 0 Å². The predicted molar refractivity (Wildman–Crippen MR) is 72.7 cm³/mol. The molecule has 1 aliphatic heterocycles. The molecule has 0 spiro atoms. The summed E-state index contributed by atoms with van der Waals surface area (Å²) in [6.07, 6.45) is 1.77. The first kappa shape index (κ1) is 15.9. The summed E-state index contributed by atoms with van der Waals surface area (Å²) in [6, 6.07) is 2.34. The molecule has 1 heterocycles. The number of nitrogens with one attached hydrogen (secondary N) is 1. The van der Waals surface area contributed by atoms with Gasteiger partial charge in [0.1, 0.15) is 17.7 Å². The summed E-state index contributed by atoms with van der Waals surface area (Å²) in [5, 5.41) is 2.86. The quantitative estimate of drug-likeness (QED) is 0.819. The second-order valence-electron chi connectivity index (χ2n) is 4.86. The third-order valence-electron chi connectivity index (χ3n) is 3.38. The Kier molecular flexibility index (Phi) is 5.64. The Morgan fingerprint density at radius 3 is 2.76 bits per heavy atom. The average Bonchev–Trinajstić information content (AvgIpc) is 2.95. The van der Waals surface area contributed by atoms with Gasteiger partial charge in [0.2, 0.25) is 0 Å². The van der Waals surface area contributed by atoms with Gasteiger partial charge in [-0.2, -0.15) is 0 Å². The Morgan fingerprint density at radius 2 is 2.19 bits per heavy atom. The van der Waals surface area contributed by atoms with E-state index >= 15 is 0 Å². The van der Waals surface area contributed by atoms with Gasteiger partial charge in [0.15, 0.2) is 0 Å². The Bertz CT molecular complexity index is 470. The molecule has 1 N–H and O–H groups in total. The van der Waals surface area contributed by atoms with Gasteiger partial charge in [-0.25, -0.2) is 13.6 Å². The topological polar surface area (TPSA) is 47.6 Å². The molecule has 116 valence electrons. The Labute approximate surface area is 122 Å². The maximum Gasteiger partial charge on any atom is 0.327 e. The zero-order chi connectivity index (χ0) is 15.2. The molecule has 1 aromatic rings. The predicted octanol–water partition coefficient (Wildman–Crippen LogP) is 2.34. The van der Waals surface area contributed by atoms with Crippen LogP contribution in [0.25, 0.3) is 0 Å². The lowest BCUT2D eigenvalue weighted by Gasteiger charge is -2.20. The average molecular weight is 299 g/mol. The van der Waals surface area contributed by atoms with Gasteiger partial charge >= 0.3 is 5.97 Å². The Balaban J connectivity index is 2.16. The van der Waals surface area contributed by atoms with Crippen molar-refractivity contribution < 1.29 is 23.0 Å². The minimum Gasteiger partial charge on any atom is -0.465 e. The number of hydrogen-bond acceptors (Lipinski definition) is 4. The number of carbonyl (C=O) groups excluding carboxylic acids is 1. The van der Waals surface area contributed by atoms with Crippen molar-refractivity contribution in [1.82, 2.24) is 5.32 Å². The van der Waals surface area contributed by atoms with Gasteiger partial charge in [-0.05, 0) is 31.9 Å². The van der Waals surface area contributed by atoms with Crippen LogP contribution in [-0.2, 0) is 14.3 Å². The van der Waals surface area contributed by atoms with Gasteiger partial charge in [0, 0.05) is 13.2 Å². The van der Waals surface area contributed by atoms with E-state index in [1.807, 2.05) is 0 Å². The lowest BCUT2D eigenvalue weighted by molar-refractivity contribution is -0.146. The van der Waals surface area contributed by atoms with E-state index in [0.717, 1.165) is 25.0 Å². The molecule has 0 bridgehead atoms. The molecule has 0 aromatic heterocycles. The number of rotatable bonds is 6. The number of carbonyl (C=O) groups is 1. The third-order valence-corrected chi connectivity index (χ3v) is 3.38. The molecule has 0 amide bonds. The summed E-state index contributed by atoms with van der Waals surface area (Å²) in [7, 11) is 0. The summed E-state index contributed by atoms with van der Waals surface area (Å²) >= 11 is 0. The van der Waals surface area contributed by atoms with Crippen molar-refractivity contribution in [2.45, 2.75) is 31.9 Å². The monoisotopic (exact) mass is 299 g/mol. The van der Waals surface area contributed by atoms with E-state index in [4.69, 9.17) is 9.47 Å². The number of hydrogen-bond donors (Lipinski definition) is 1. The van der Waals surface area contributed by atoms with Gasteiger partial charge in [-0.3, -0.25) is 5.32 Å². The van der Waals surface area contributed by atoms with E-state index < -0.39 is 23.6 Å². The van der Waals surface area contributed by atoms with Crippen molar-refractivity contribution in [1.29, 1.82) is 0 Å². The van der Waals surface area contributed by atoms with E-state index in [-0.39, 0.29) is 18.3 Å². The van der Waals surface area contributed by atoms with Crippen LogP contribution < -0.4 is 5.32 Å². The summed E-state index contributed by atoms with van der Waals surface area (Å²) in [6.45, 7) is 2.81. The van der Waals surface area contributed by atoms with E-state index in [9.17, 15) is 13.6 Å². The minimum absolute atomic E-state index is 0.0447. The zero-order valence-corrected chi connectivity index (χ0v) is 11.9. The van der Waals surface area contributed by atoms with Crippen LogP contribution in [0.15, 0.2) is 18.2 Å². The molecule has 6 heteroatoms. The summed E-state index contributed by atoms with van der Waals surface area (Å²) in [5.74, 6) is -2.24. The SMILES string of the molecule is CCOC(=O)C(NCC1CCCO1)c1c(F)cccc1F. The number of halogens is 2. The van der Waals surface area contributed by atoms with Crippen LogP contribution in [0.5, 0.6) is 0 Å². The molecule has 1 saturated heterocycles. The highest BCUT2D eigenvalue weighted by Crippen LogP contribution is 2.23. The van der Waals surface area contributed by atoms with Crippen LogP contribution in [0.1, 0.15) is 31.4 Å². The van der Waals surface area contributed by atoms with Crippen LogP contribution in [0, 0.1) is 11.6 Å². The van der Waals surface area contributed by atoms with Crippen LogP contribution >= 0.6 is 0 Å². The Hall–Kier alpha value is -1.53. The first-order valence-corrected chi connectivity index (χ1v) is 7.09. The molecular formula is C15H19F2NO3. The molecule has 1 fully saturated rings. The summed E-state index contributed by atoms with van der Waals surface area (Å²) in [4.78, 5) is 12.0. The minimum atomic E-state index is -1.17. The highest BCUT2D eigenvalue weighted by atomic mass is 19.1. The first-order valence-electron chi connectivity index (χ1n) is 7.09. The highest BCUT2D eigenvalue weighted by Gasteiger charge is 2.29.